The van der Waals surface area contributed by atoms with Gasteiger partial charge < -0.3 is 14.2 Å². The largest absolute Gasteiger partial charge is 0.492 e. The summed E-state index contributed by atoms with van der Waals surface area (Å²) in [5, 5.41) is 0.603. The average molecular weight is 334 g/mol. The predicted octanol–water partition coefficient (Wildman–Crippen LogP) is 3.62. The molecule has 1 heterocycles. The van der Waals surface area contributed by atoms with E-state index >= 15 is 0 Å². The predicted molar refractivity (Wildman–Crippen MR) is 90.7 cm³/mol. The third kappa shape index (κ3) is 4.30. The number of hydrogen-bond acceptors (Lipinski definition) is 4. The van der Waals surface area contributed by atoms with Crippen LogP contribution in [-0.2, 0) is 6.54 Å². The first-order valence-corrected chi connectivity index (χ1v) is 8.04. The third-order valence-electron chi connectivity index (χ3n) is 3.59. The molecule has 1 aliphatic rings. The van der Waals surface area contributed by atoms with Gasteiger partial charge in [0.1, 0.15) is 25.6 Å². The molecule has 0 fully saturated rings. The molecule has 0 aromatic heterocycles. The van der Waals surface area contributed by atoms with Crippen molar-refractivity contribution in [2.45, 2.75) is 6.54 Å². The smallest absolute Gasteiger partial charge is 0.179 e. The zero-order valence-electron chi connectivity index (χ0n) is 13.1. The molecule has 0 N–H and O–H groups in total. The molecule has 1 aliphatic heterocycles. The Morgan fingerprint density at radius 3 is 2.74 bits per heavy atom. The zero-order chi connectivity index (χ0) is 16.1. The molecule has 0 aliphatic carbocycles. The van der Waals surface area contributed by atoms with E-state index < -0.39 is 0 Å². The monoisotopic (exact) mass is 333 g/mol. The lowest BCUT2D eigenvalue weighted by atomic mass is 10.2. The van der Waals surface area contributed by atoms with Crippen LogP contribution in [-0.4, -0.2) is 38.3 Å². The molecular formula is C18H20ClNO3. The van der Waals surface area contributed by atoms with Crippen molar-refractivity contribution >= 4 is 11.6 Å². The normalized spacial score (nSPS) is 13.2. The van der Waals surface area contributed by atoms with Gasteiger partial charge in [-0.25, -0.2) is 0 Å². The summed E-state index contributed by atoms with van der Waals surface area (Å²) in [7, 11) is 2.05. The highest BCUT2D eigenvalue weighted by Gasteiger charge is 2.17. The van der Waals surface area contributed by atoms with Gasteiger partial charge in [0.25, 0.3) is 0 Å². The van der Waals surface area contributed by atoms with Crippen molar-refractivity contribution in [3.05, 3.63) is 53.1 Å². The average Bonchev–Trinajstić information content (AvgIpc) is 2.56. The Morgan fingerprint density at radius 2 is 1.91 bits per heavy atom. The fourth-order valence-electron chi connectivity index (χ4n) is 2.48. The first-order valence-electron chi connectivity index (χ1n) is 7.67. The molecule has 3 rings (SSSR count). The molecule has 0 radical (unpaired) electrons. The summed E-state index contributed by atoms with van der Waals surface area (Å²) in [6.45, 7) is 3.34. The highest BCUT2D eigenvalue weighted by atomic mass is 35.5. The number of para-hydroxylation sites is 1. The minimum Gasteiger partial charge on any atom is -0.492 e. The van der Waals surface area contributed by atoms with Gasteiger partial charge in [-0.15, -0.1) is 0 Å². The van der Waals surface area contributed by atoms with Gasteiger partial charge >= 0.3 is 0 Å². The Kier molecular flexibility index (Phi) is 5.26. The highest BCUT2D eigenvalue weighted by molar-refractivity contribution is 6.32. The van der Waals surface area contributed by atoms with E-state index in [0.717, 1.165) is 30.2 Å². The maximum atomic E-state index is 6.27. The number of nitrogens with zero attached hydrogens (tertiary/aromatic N) is 1. The first-order chi connectivity index (χ1) is 11.2. The van der Waals surface area contributed by atoms with Gasteiger partial charge in [-0.1, -0.05) is 29.8 Å². The van der Waals surface area contributed by atoms with Crippen molar-refractivity contribution in [1.82, 2.24) is 4.90 Å². The molecule has 0 atom stereocenters. The van der Waals surface area contributed by atoms with E-state index in [2.05, 4.69) is 11.9 Å². The summed E-state index contributed by atoms with van der Waals surface area (Å²) in [6, 6.07) is 13.8. The number of benzene rings is 2. The molecular weight excluding hydrogens is 314 g/mol. The van der Waals surface area contributed by atoms with Crippen LogP contribution in [0.25, 0.3) is 0 Å². The maximum absolute atomic E-state index is 6.27. The molecule has 122 valence electrons. The van der Waals surface area contributed by atoms with E-state index in [4.69, 9.17) is 25.8 Å². The van der Waals surface area contributed by atoms with Gasteiger partial charge in [-0.2, -0.15) is 0 Å². The summed E-state index contributed by atoms with van der Waals surface area (Å²) in [5.74, 6) is 2.27. The molecule has 0 bridgehead atoms. The van der Waals surface area contributed by atoms with Crippen LogP contribution in [0.15, 0.2) is 42.5 Å². The van der Waals surface area contributed by atoms with Crippen molar-refractivity contribution in [1.29, 1.82) is 0 Å². The standard InChI is InChI=1S/C18H20ClNO3/c1-20(7-8-21-15-5-3-2-4-6-15)13-14-11-16(19)18-17(12-14)22-9-10-23-18/h2-6,11-12H,7-10,13H2,1H3. The second kappa shape index (κ2) is 7.57. The van der Waals surface area contributed by atoms with E-state index in [9.17, 15) is 0 Å². The fraction of sp³-hybridized carbons (Fsp3) is 0.333. The van der Waals surface area contributed by atoms with Crippen LogP contribution in [0.1, 0.15) is 5.56 Å². The molecule has 4 nitrogen and oxygen atoms in total. The van der Waals surface area contributed by atoms with Gasteiger partial charge in [0, 0.05) is 13.1 Å². The van der Waals surface area contributed by atoms with Crippen LogP contribution < -0.4 is 14.2 Å². The molecule has 0 unspecified atom stereocenters. The Hall–Kier alpha value is -1.91. The number of fused-ring (bicyclic) bond motifs is 1. The zero-order valence-corrected chi connectivity index (χ0v) is 13.9. The van der Waals surface area contributed by atoms with Gasteiger partial charge in [-0.3, -0.25) is 4.90 Å². The number of halogens is 1. The van der Waals surface area contributed by atoms with Crippen molar-refractivity contribution in [3.63, 3.8) is 0 Å². The summed E-state index contributed by atoms with van der Waals surface area (Å²) >= 11 is 6.27. The lowest BCUT2D eigenvalue weighted by Crippen LogP contribution is -2.24. The topological polar surface area (TPSA) is 30.9 Å². The highest BCUT2D eigenvalue weighted by Crippen LogP contribution is 2.38. The van der Waals surface area contributed by atoms with E-state index in [1.54, 1.807) is 0 Å². The van der Waals surface area contributed by atoms with E-state index in [1.807, 2.05) is 42.5 Å². The molecule has 2 aromatic rings. The van der Waals surface area contributed by atoms with Crippen LogP contribution in [0.3, 0.4) is 0 Å². The summed E-state index contributed by atoms with van der Waals surface area (Å²) in [6.07, 6.45) is 0. The number of ether oxygens (including phenoxy) is 3. The SMILES string of the molecule is CN(CCOc1ccccc1)Cc1cc(Cl)c2c(c1)OCCO2. The van der Waals surface area contributed by atoms with Crippen molar-refractivity contribution < 1.29 is 14.2 Å². The van der Waals surface area contributed by atoms with Crippen molar-refractivity contribution in [2.24, 2.45) is 0 Å². The lowest BCUT2D eigenvalue weighted by molar-refractivity contribution is 0.171. The van der Waals surface area contributed by atoms with Gasteiger partial charge in [0.2, 0.25) is 0 Å². The Bertz CT molecular complexity index is 648. The summed E-state index contributed by atoms with van der Waals surface area (Å²) in [5.41, 5.74) is 1.10. The number of hydrogen-bond donors (Lipinski definition) is 0. The second-order valence-electron chi connectivity index (χ2n) is 5.50. The second-order valence-corrected chi connectivity index (χ2v) is 5.91. The summed E-state index contributed by atoms with van der Waals surface area (Å²) < 4.78 is 16.9. The van der Waals surface area contributed by atoms with Crippen LogP contribution in [0.5, 0.6) is 17.2 Å². The molecule has 5 heteroatoms. The maximum Gasteiger partial charge on any atom is 0.179 e. The van der Waals surface area contributed by atoms with E-state index in [1.165, 1.54) is 0 Å². The van der Waals surface area contributed by atoms with Gasteiger partial charge in [0.05, 0.1) is 5.02 Å². The Balaban J connectivity index is 1.53. The fourth-order valence-corrected chi connectivity index (χ4v) is 2.77. The van der Waals surface area contributed by atoms with Crippen LogP contribution >= 0.6 is 11.6 Å². The van der Waals surface area contributed by atoms with Crippen LogP contribution in [0.2, 0.25) is 5.02 Å². The third-order valence-corrected chi connectivity index (χ3v) is 3.87. The van der Waals surface area contributed by atoms with Crippen LogP contribution in [0, 0.1) is 0 Å². The molecule has 0 saturated carbocycles. The first kappa shape index (κ1) is 16.0. The molecule has 23 heavy (non-hydrogen) atoms. The summed E-state index contributed by atoms with van der Waals surface area (Å²) in [4.78, 5) is 2.19. The minimum atomic E-state index is 0.544. The molecule has 0 saturated heterocycles. The van der Waals surface area contributed by atoms with Crippen molar-refractivity contribution in [3.8, 4) is 17.2 Å². The van der Waals surface area contributed by atoms with E-state index in [-0.39, 0.29) is 0 Å². The number of likely N-dealkylation sites (N-methyl/N-ethyl adjacent to an activating group) is 1. The van der Waals surface area contributed by atoms with Gasteiger partial charge in [0.15, 0.2) is 11.5 Å². The minimum absolute atomic E-state index is 0.544. The van der Waals surface area contributed by atoms with Gasteiger partial charge in [-0.05, 0) is 36.9 Å². The molecule has 0 amide bonds. The quantitative estimate of drug-likeness (QED) is 0.808. The Morgan fingerprint density at radius 1 is 1.13 bits per heavy atom. The lowest BCUT2D eigenvalue weighted by Gasteiger charge is -2.22. The van der Waals surface area contributed by atoms with Crippen LogP contribution in [0.4, 0.5) is 0 Å². The Labute approximate surface area is 141 Å². The van der Waals surface area contributed by atoms with E-state index in [0.29, 0.717) is 30.6 Å². The number of rotatable bonds is 6. The molecule has 2 aromatic carbocycles. The van der Waals surface area contributed by atoms with Crippen molar-refractivity contribution in [2.75, 3.05) is 33.4 Å². The molecule has 0 spiro atoms.